The van der Waals surface area contributed by atoms with E-state index in [1.165, 1.54) is 4.90 Å². The lowest BCUT2D eigenvalue weighted by Gasteiger charge is -2.33. The molecule has 2 aromatic heterocycles. The molecule has 4 rings (SSSR count). The largest absolute Gasteiger partial charge is 0.395 e. The summed E-state index contributed by atoms with van der Waals surface area (Å²) in [5.41, 5.74) is 13.3. The van der Waals surface area contributed by atoms with Crippen LogP contribution in [0.1, 0.15) is 69.4 Å². The van der Waals surface area contributed by atoms with Crippen LogP contribution >= 0.6 is 11.5 Å². The number of nitrogens with zero attached hydrogens (tertiary/aromatic N) is 3. The van der Waals surface area contributed by atoms with Crippen LogP contribution in [0.4, 0.5) is 11.4 Å². The number of benzene rings is 1. The Morgan fingerprint density at radius 3 is 2.46 bits per heavy atom. The van der Waals surface area contributed by atoms with E-state index in [9.17, 15) is 14.4 Å². The maximum atomic E-state index is 14.0. The fraction of sp³-hybridized carbons (Fsp3) is 0.320. The van der Waals surface area contributed by atoms with E-state index in [1.54, 1.807) is 30.6 Å². The number of anilines is 2. The minimum absolute atomic E-state index is 0.0461. The Bertz CT molecular complexity index is 1220. The van der Waals surface area contributed by atoms with Gasteiger partial charge in [-0.1, -0.05) is 31.4 Å². The normalized spacial score (nSPS) is 14.8. The molecule has 0 bridgehead atoms. The van der Waals surface area contributed by atoms with Crippen LogP contribution in [0.15, 0.2) is 48.8 Å². The standard InChI is InChI=1S/C25H28N6O3S/c1-15-6-5-9-18(14-15)31(25(34)22-19(26)20(23(27)32)30-35-22)21(16-10-12-28-13-11-16)24(33)29-17-7-3-2-4-8-17/h5-6,9-14,17,21H,2-4,7-8,26H2,1H3,(H2,27,32)(H,29,33)/t21-/m0/s1. The molecule has 1 saturated carbocycles. The van der Waals surface area contributed by atoms with Gasteiger partial charge in [0.1, 0.15) is 10.9 Å². The SMILES string of the molecule is Cc1cccc(N(C(=O)c2snc(C(N)=O)c2N)[C@H](C(=O)NC2CCCCC2)c2ccncc2)c1. The molecule has 2 heterocycles. The maximum Gasteiger partial charge on any atom is 0.273 e. The number of amides is 3. The second-order valence-corrected chi connectivity index (χ2v) is 9.45. The number of aromatic nitrogens is 2. The van der Waals surface area contributed by atoms with E-state index in [4.69, 9.17) is 11.5 Å². The van der Waals surface area contributed by atoms with Gasteiger partial charge in [0.2, 0.25) is 5.91 Å². The van der Waals surface area contributed by atoms with Crippen molar-refractivity contribution in [2.45, 2.75) is 51.1 Å². The highest BCUT2D eigenvalue weighted by molar-refractivity contribution is 7.09. The molecule has 1 aliphatic rings. The van der Waals surface area contributed by atoms with Crippen molar-refractivity contribution >= 4 is 40.6 Å². The first-order valence-electron chi connectivity index (χ1n) is 11.5. The lowest BCUT2D eigenvalue weighted by Crippen LogP contribution is -2.47. The molecule has 10 heteroatoms. The van der Waals surface area contributed by atoms with Crippen LogP contribution in [0.5, 0.6) is 0 Å². The van der Waals surface area contributed by atoms with Crippen LogP contribution in [-0.2, 0) is 4.79 Å². The number of nitrogens with one attached hydrogen (secondary N) is 1. The van der Waals surface area contributed by atoms with Gasteiger partial charge < -0.3 is 16.8 Å². The van der Waals surface area contributed by atoms with Crippen LogP contribution in [0.2, 0.25) is 0 Å². The summed E-state index contributed by atoms with van der Waals surface area (Å²) >= 11 is 0.789. The van der Waals surface area contributed by atoms with Gasteiger partial charge in [-0.3, -0.25) is 24.3 Å². The summed E-state index contributed by atoms with van der Waals surface area (Å²) in [6.45, 7) is 1.90. The fourth-order valence-electron chi connectivity index (χ4n) is 4.39. The quantitative estimate of drug-likeness (QED) is 0.461. The highest BCUT2D eigenvalue weighted by Gasteiger charge is 2.36. The molecule has 3 amide bonds. The molecule has 1 aliphatic carbocycles. The minimum Gasteiger partial charge on any atom is -0.395 e. The second kappa shape index (κ2) is 10.6. The Hall–Kier alpha value is -3.79. The number of rotatable bonds is 7. The molecule has 3 aromatic rings. The third kappa shape index (κ3) is 5.32. The Labute approximate surface area is 207 Å². The van der Waals surface area contributed by atoms with E-state index >= 15 is 0 Å². The molecule has 0 radical (unpaired) electrons. The Morgan fingerprint density at radius 2 is 1.83 bits per heavy atom. The summed E-state index contributed by atoms with van der Waals surface area (Å²) < 4.78 is 3.98. The monoisotopic (exact) mass is 492 g/mol. The first-order valence-corrected chi connectivity index (χ1v) is 12.3. The lowest BCUT2D eigenvalue weighted by atomic mass is 9.94. The Kier molecular flexibility index (Phi) is 7.40. The van der Waals surface area contributed by atoms with Crippen molar-refractivity contribution in [2.75, 3.05) is 10.6 Å². The van der Waals surface area contributed by atoms with Gasteiger partial charge >= 0.3 is 0 Å². The van der Waals surface area contributed by atoms with E-state index < -0.39 is 17.9 Å². The van der Waals surface area contributed by atoms with Crippen molar-refractivity contribution in [3.8, 4) is 0 Å². The topological polar surface area (TPSA) is 144 Å². The highest BCUT2D eigenvalue weighted by Crippen LogP contribution is 2.33. The van der Waals surface area contributed by atoms with Crippen LogP contribution in [0.25, 0.3) is 0 Å². The molecule has 9 nitrogen and oxygen atoms in total. The van der Waals surface area contributed by atoms with Crippen molar-refractivity contribution < 1.29 is 14.4 Å². The van der Waals surface area contributed by atoms with Crippen LogP contribution in [0, 0.1) is 6.92 Å². The first-order chi connectivity index (χ1) is 16.9. The molecular formula is C25H28N6O3S. The smallest absolute Gasteiger partial charge is 0.273 e. The number of nitrogens with two attached hydrogens (primary N) is 2. The van der Waals surface area contributed by atoms with E-state index in [1.807, 2.05) is 25.1 Å². The second-order valence-electron chi connectivity index (χ2n) is 8.68. The van der Waals surface area contributed by atoms with Crippen molar-refractivity contribution in [1.29, 1.82) is 0 Å². The van der Waals surface area contributed by atoms with E-state index in [0.717, 1.165) is 49.2 Å². The van der Waals surface area contributed by atoms with Gasteiger partial charge in [0.25, 0.3) is 11.8 Å². The number of primary amides is 1. The van der Waals surface area contributed by atoms with Gasteiger partial charge in [-0.15, -0.1) is 0 Å². The van der Waals surface area contributed by atoms with Gasteiger partial charge in [0.05, 0.1) is 5.69 Å². The molecule has 5 N–H and O–H groups in total. The third-order valence-corrected chi connectivity index (χ3v) is 6.99. The Morgan fingerprint density at radius 1 is 1.11 bits per heavy atom. The predicted molar refractivity (Wildman–Crippen MR) is 135 cm³/mol. The summed E-state index contributed by atoms with van der Waals surface area (Å²) in [5.74, 6) is -1.66. The summed E-state index contributed by atoms with van der Waals surface area (Å²) in [4.78, 5) is 45.0. The van der Waals surface area contributed by atoms with E-state index in [0.29, 0.717) is 11.3 Å². The van der Waals surface area contributed by atoms with E-state index in [2.05, 4.69) is 14.7 Å². The van der Waals surface area contributed by atoms with Crippen LogP contribution in [-0.4, -0.2) is 33.1 Å². The zero-order valence-electron chi connectivity index (χ0n) is 19.4. The highest BCUT2D eigenvalue weighted by atomic mass is 32.1. The van der Waals surface area contributed by atoms with Gasteiger partial charge in [0.15, 0.2) is 5.69 Å². The molecule has 0 saturated heterocycles. The average molecular weight is 493 g/mol. The number of nitrogen functional groups attached to an aromatic ring is 1. The van der Waals surface area contributed by atoms with Gasteiger partial charge in [-0.2, -0.15) is 4.37 Å². The molecule has 1 aromatic carbocycles. The zero-order valence-corrected chi connectivity index (χ0v) is 20.3. The first kappa shape index (κ1) is 24.3. The molecule has 35 heavy (non-hydrogen) atoms. The van der Waals surface area contributed by atoms with Crippen LogP contribution in [0.3, 0.4) is 0 Å². The Balaban J connectivity index is 1.82. The summed E-state index contributed by atoms with van der Waals surface area (Å²) in [6, 6.07) is 9.79. The molecule has 0 unspecified atom stereocenters. The molecule has 1 atom stereocenters. The third-order valence-electron chi connectivity index (χ3n) is 6.13. The van der Waals surface area contributed by atoms with Gasteiger partial charge in [-0.25, -0.2) is 0 Å². The number of hydrogen-bond acceptors (Lipinski definition) is 7. The van der Waals surface area contributed by atoms with Crippen molar-refractivity contribution in [3.63, 3.8) is 0 Å². The molecule has 182 valence electrons. The van der Waals surface area contributed by atoms with Crippen LogP contribution < -0.4 is 21.7 Å². The average Bonchev–Trinajstić information content (AvgIpc) is 3.24. The summed E-state index contributed by atoms with van der Waals surface area (Å²) in [5, 5.41) is 3.16. The number of carbonyl (C=O) groups is 3. The fourth-order valence-corrected chi connectivity index (χ4v) is 5.13. The molecular weight excluding hydrogens is 464 g/mol. The van der Waals surface area contributed by atoms with Crippen molar-refractivity contribution in [1.82, 2.24) is 14.7 Å². The van der Waals surface area contributed by atoms with E-state index in [-0.39, 0.29) is 28.2 Å². The maximum absolute atomic E-state index is 14.0. The lowest BCUT2D eigenvalue weighted by molar-refractivity contribution is -0.123. The molecule has 0 spiro atoms. The number of pyridine rings is 1. The van der Waals surface area contributed by atoms with Crippen molar-refractivity contribution in [3.05, 3.63) is 70.5 Å². The number of aryl methyl sites for hydroxylation is 1. The summed E-state index contributed by atoms with van der Waals surface area (Å²) in [6.07, 6.45) is 8.23. The predicted octanol–water partition coefficient (Wildman–Crippen LogP) is 3.36. The summed E-state index contributed by atoms with van der Waals surface area (Å²) in [7, 11) is 0. The zero-order chi connectivity index (χ0) is 24.9. The molecule has 0 aliphatic heterocycles. The van der Waals surface area contributed by atoms with Gasteiger partial charge in [0, 0.05) is 24.1 Å². The van der Waals surface area contributed by atoms with Crippen molar-refractivity contribution in [2.24, 2.45) is 5.73 Å². The minimum atomic E-state index is -0.993. The molecule has 1 fully saturated rings. The van der Waals surface area contributed by atoms with Gasteiger partial charge in [-0.05, 0) is 66.7 Å². The number of carbonyl (C=O) groups excluding carboxylic acids is 3. The number of hydrogen-bond donors (Lipinski definition) is 3.